The maximum Gasteiger partial charge on any atom is 0.262 e. The number of aromatic amines is 1. The van der Waals surface area contributed by atoms with Gasteiger partial charge in [-0.15, -0.1) is 0 Å². The van der Waals surface area contributed by atoms with Gasteiger partial charge in [-0.05, 0) is 39.5 Å². The summed E-state index contributed by atoms with van der Waals surface area (Å²) in [5.41, 5.74) is 0.730. The topological polar surface area (TPSA) is 32.9 Å². The van der Waals surface area contributed by atoms with Crippen molar-refractivity contribution in [3.05, 3.63) is 43.6 Å². The summed E-state index contributed by atoms with van der Waals surface area (Å²) in [5, 5.41) is 1.01. The fourth-order valence-corrected chi connectivity index (χ4v) is 1.85. The number of H-pyrrole nitrogens is 1. The Morgan fingerprint density at radius 3 is 2.69 bits per heavy atom. The molecule has 0 amide bonds. The highest BCUT2D eigenvalue weighted by atomic mass is 79.9. The van der Waals surface area contributed by atoms with E-state index < -0.39 is 0 Å². The summed E-state index contributed by atoms with van der Waals surface area (Å²) in [5.74, 6) is 0. The molecule has 2 aromatic rings. The number of benzene rings is 1. The molecule has 66 valence electrons. The van der Waals surface area contributed by atoms with E-state index in [9.17, 15) is 4.79 Å². The maximum atomic E-state index is 11.2. The van der Waals surface area contributed by atoms with Gasteiger partial charge in [0, 0.05) is 9.99 Å². The monoisotopic (exact) mass is 301 g/mol. The summed E-state index contributed by atoms with van der Waals surface area (Å²) < 4.78 is 1.51. The van der Waals surface area contributed by atoms with E-state index in [1.54, 1.807) is 6.07 Å². The third-order valence-corrected chi connectivity index (χ3v) is 2.84. The highest BCUT2D eigenvalue weighted by Gasteiger charge is 1.99. The van der Waals surface area contributed by atoms with Gasteiger partial charge < -0.3 is 4.98 Å². The first-order chi connectivity index (χ1) is 6.16. The van der Waals surface area contributed by atoms with E-state index in [1.165, 1.54) is 0 Å². The minimum Gasteiger partial charge on any atom is -0.321 e. The number of nitrogens with one attached hydrogen (secondary N) is 1. The molecular formula is C9H5Br2NO. The second-order valence-corrected chi connectivity index (χ2v) is 4.45. The molecule has 0 fully saturated rings. The van der Waals surface area contributed by atoms with Crippen LogP contribution in [0.25, 0.3) is 10.9 Å². The predicted molar refractivity (Wildman–Crippen MR) is 60.0 cm³/mol. The van der Waals surface area contributed by atoms with E-state index in [0.29, 0.717) is 4.47 Å². The third kappa shape index (κ3) is 1.69. The fraction of sp³-hybridized carbons (Fsp3) is 0. The number of halogens is 2. The quantitative estimate of drug-likeness (QED) is 0.797. The average molecular weight is 303 g/mol. The van der Waals surface area contributed by atoms with Crippen LogP contribution in [-0.4, -0.2) is 4.98 Å². The smallest absolute Gasteiger partial charge is 0.262 e. The van der Waals surface area contributed by atoms with Gasteiger partial charge in [-0.25, -0.2) is 0 Å². The van der Waals surface area contributed by atoms with Crippen LogP contribution in [0, 0.1) is 0 Å². The summed E-state index contributed by atoms with van der Waals surface area (Å²) in [7, 11) is 0. The first-order valence-corrected chi connectivity index (χ1v) is 5.23. The van der Waals surface area contributed by atoms with Gasteiger partial charge in [-0.3, -0.25) is 4.79 Å². The van der Waals surface area contributed by atoms with Crippen LogP contribution in [0.5, 0.6) is 0 Å². The summed E-state index contributed by atoms with van der Waals surface area (Å²) >= 11 is 6.52. The average Bonchev–Trinajstić information content (AvgIpc) is 2.08. The fourth-order valence-electron chi connectivity index (χ4n) is 1.15. The van der Waals surface area contributed by atoms with E-state index in [2.05, 4.69) is 36.8 Å². The Morgan fingerprint density at radius 1 is 1.15 bits per heavy atom. The van der Waals surface area contributed by atoms with Crippen LogP contribution < -0.4 is 5.56 Å². The second kappa shape index (κ2) is 3.27. The minimum absolute atomic E-state index is 0.106. The molecular weight excluding hydrogens is 298 g/mol. The molecule has 0 saturated carbocycles. The normalized spacial score (nSPS) is 10.6. The minimum atomic E-state index is -0.106. The van der Waals surface area contributed by atoms with Crippen molar-refractivity contribution in [2.45, 2.75) is 0 Å². The van der Waals surface area contributed by atoms with Crippen molar-refractivity contribution in [2.75, 3.05) is 0 Å². The number of fused-ring (bicyclic) bond motifs is 1. The largest absolute Gasteiger partial charge is 0.321 e. The van der Waals surface area contributed by atoms with Crippen molar-refractivity contribution in [2.24, 2.45) is 0 Å². The highest BCUT2D eigenvalue weighted by Crippen LogP contribution is 2.18. The zero-order valence-corrected chi connectivity index (χ0v) is 9.65. The summed E-state index contributed by atoms with van der Waals surface area (Å²) in [6.07, 6.45) is 0. The van der Waals surface area contributed by atoms with Crippen LogP contribution in [-0.2, 0) is 0 Å². The lowest BCUT2D eigenvalue weighted by Crippen LogP contribution is -2.05. The van der Waals surface area contributed by atoms with Crippen LogP contribution in [0.4, 0.5) is 0 Å². The van der Waals surface area contributed by atoms with Crippen LogP contribution in [0.15, 0.2) is 38.0 Å². The molecule has 0 saturated heterocycles. The lowest BCUT2D eigenvalue weighted by atomic mass is 10.2. The number of rotatable bonds is 0. The third-order valence-electron chi connectivity index (χ3n) is 1.76. The molecule has 1 aromatic heterocycles. The van der Waals surface area contributed by atoms with Gasteiger partial charge in [0.1, 0.15) is 0 Å². The molecule has 2 rings (SSSR count). The molecule has 0 spiro atoms. The summed E-state index contributed by atoms with van der Waals surface area (Å²) in [6.45, 7) is 0. The molecule has 13 heavy (non-hydrogen) atoms. The lowest BCUT2D eigenvalue weighted by Gasteiger charge is -1.98. The van der Waals surface area contributed by atoms with Crippen molar-refractivity contribution in [3.8, 4) is 0 Å². The van der Waals surface area contributed by atoms with Crippen LogP contribution >= 0.6 is 31.9 Å². The molecule has 0 radical (unpaired) electrons. The SMILES string of the molecule is O=c1[nH]c2cc(Br)ccc2cc1Br. The predicted octanol–water partition coefficient (Wildman–Crippen LogP) is 3.05. The Kier molecular flexibility index (Phi) is 2.26. The van der Waals surface area contributed by atoms with Gasteiger partial charge >= 0.3 is 0 Å². The standard InChI is InChI=1S/C9H5Br2NO/c10-6-2-1-5-3-7(11)9(13)12-8(5)4-6/h1-4H,(H,12,13). The molecule has 1 heterocycles. The van der Waals surface area contributed by atoms with Crippen LogP contribution in [0.3, 0.4) is 0 Å². The number of aromatic nitrogens is 1. The number of hydrogen-bond donors (Lipinski definition) is 1. The Labute approximate surface area is 91.2 Å². The van der Waals surface area contributed by atoms with Gasteiger partial charge in [-0.2, -0.15) is 0 Å². The zero-order valence-electron chi connectivity index (χ0n) is 6.47. The Balaban J connectivity index is 2.89. The van der Waals surface area contributed by atoms with Gasteiger partial charge in [0.15, 0.2) is 0 Å². The molecule has 2 nitrogen and oxygen atoms in total. The van der Waals surface area contributed by atoms with E-state index in [-0.39, 0.29) is 5.56 Å². The maximum absolute atomic E-state index is 11.2. The van der Waals surface area contributed by atoms with E-state index >= 15 is 0 Å². The molecule has 0 atom stereocenters. The van der Waals surface area contributed by atoms with Crippen molar-refractivity contribution < 1.29 is 0 Å². The van der Waals surface area contributed by atoms with Gasteiger partial charge in [0.25, 0.3) is 5.56 Å². The van der Waals surface area contributed by atoms with Gasteiger partial charge in [0.05, 0.1) is 4.47 Å². The molecule has 1 N–H and O–H groups in total. The Bertz CT molecular complexity index is 518. The van der Waals surface area contributed by atoms with Crippen molar-refractivity contribution in [1.82, 2.24) is 4.98 Å². The Hall–Kier alpha value is -0.610. The first kappa shape index (κ1) is 8.97. The van der Waals surface area contributed by atoms with E-state index in [4.69, 9.17) is 0 Å². The Morgan fingerprint density at radius 2 is 1.92 bits per heavy atom. The highest BCUT2D eigenvalue weighted by molar-refractivity contribution is 9.10. The van der Waals surface area contributed by atoms with E-state index in [0.717, 1.165) is 15.4 Å². The zero-order chi connectivity index (χ0) is 9.42. The molecule has 4 heteroatoms. The molecule has 0 aliphatic carbocycles. The molecule has 0 aliphatic rings. The van der Waals surface area contributed by atoms with Crippen LogP contribution in [0.2, 0.25) is 0 Å². The molecule has 0 bridgehead atoms. The van der Waals surface area contributed by atoms with Crippen molar-refractivity contribution in [1.29, 1.82) is 0 Å². The van der Waals surface area contributed by atoms with Crippen LogP contribution in [0.1, 0.15) is 0 Å². The molecule has 0 unspecified atom stereocenters. The van der Waals surface area contributed by atoms with Gasteiger partial charge in [-0.1, -0.05) is 22.0 Å². The van der Waals surface area contributed by atoms with Crippen molar-refractivity contribution in [3.63, 3.8) is 0 Å². The first-order valence-electron chi connectivity index (χ1n) is 3.65. The number of hydrogen-bond acceptors (Lipinski definition) is 1. The summed E-state index contributed by atoms with van der Waals surface area (Å²) in [6, 6.07) is 7.57. The van der Waals surface area contributed by atoms with E-state index in [1.807, 2.05) is 18.2 Å². The van der Waals surface area contributed by atoms with Crippen molar-refractivity contribution >= 4 is 42.8 Å². The van der Waals surface area contributed by atoms with Gasteiger partial charge in [0.2, 0.25) is 0 Å². The second-order valence-electron chi connectivity index (χ2n) is 2.68. The molecule has 0 aliphatic heterocycles. The summed E-state index contributed by atoms with van der Waals surface area (Å²) in [4.78, 5) is 14.0. The lowest BCUT2D eigenvalue weighted by molar-refractivity contribution is 1.28. The molecule has 1 aromatic carbocycles. The number of pyridine rings is 1.